The first-order valence-electron chi connectivity index (χ1n) is 11.2. The standard InChI is InChI=1S/C26H22F2N4O3/c27-17-5-10-21(11-6-17)35-15-20-2-1-13-32(20)26(34)16-3-8-19(9-4-16)30-31-24-22-14-18(28)7-12-23(22)29-25(24)33/h3-12,14,20,29,33H,1-2,13,15H2/t20-/m1/s1. The van der Waals surface area contributed by atoms with Gasteiger partial charge in [-0.25, -0.2) is 8.78 Å². The van der Waals surface area contributed by atoms with E-state index in [1.165, 1.54) is 30.3 Å². The highest BCUT2D eigenvalue weighted by atomic mass is 19.1. The zero-order chi connectivity index (χ0) is 24.4. The van der Waals surface area contributed by atoms with Crippen LogP contribution < -0.4 is 4.74 Å². The number of halogens is 2. The summed E-state index contributed by atoms with van der Waals surface area (Å²) in [6.45, 7) is 0.965. The van der Waals surface area contributed by atoms with E-state index < -0.39 is 5.82 Å². The molecule has 3 aromatic carbocycles. The number of benzene rings is 3. The Balaban J connectivity index is 1.26. The van der Waals surface area contributed by atoms with Gasteiger partial charge in [-0.15, -0.1) is 5.11 Å². The van der Waals surface area contributed by atoms with Gasteiger partial charge in [-0.05, 0) is 79.6 Å². The zero-order valence-electron chi connectivity index (χ0n) is 18.6. The molecule has 7 nitrogen and oxygen atoms in total. The molecule has 2 N–H and O–H groups in total. The van der Waals surface area contributed by atoms with Crippen LogP contribution in [-0.4, -0.2) is 40.1 Å². The van der Waals surface area contributed by atoms with Crippen LogP contribution in [0.5, 0.6) is 11.6 Å². The van der Waals surface area contributed by atoms with E-state index in [0.29, 0.717) is 41.1 Å². The van der Waals surface area contributed by atoms with Crippen molar-refractivity contribution in [2.45, 2.75) is 18.9 Å². The number of ether oxygens (including phenoxy) is 1. The van der Waals surface area contributed by atoms with E-state index >= 15 is 0 Å². The van der Waals surface area contributed by atoms with E-state index in [4.69, 9.17) is 4.74 Å². The van der Waals surface area contributed by atoms with Gasteiger partial charge >= 0.3 is 0 Å². The van der Waals surface area contributed by atoms with Crippen LogP contribution in [0.4, 0.5) is 20.2 Å². The number of nitrogens with one attached hydrogen (secondary N) is 1. The van der Waals surface area contributed by atoms with Gasteiger partial charge in [0.25, 0.3) is 5.91 Å². The normalized spacial score (nSPS) is 15.8. The molecule has 1 fully saturated rings. The van der Waals surface area contributed by atoms with Crippen molar-refractivity contribution in [3.05, 3.63) is 83.9 Å². The molecule has 0 unspecified atom stereocenters. The second-order valence-electron chi connectivity index (χ2n) is 8.32. The molecule has 0 bridgehead atoms. The first-order valence-corrected chi connectivity index (χ1v) is 11.2. The van der Waals surface area contributed by atoms with E-state index in [-0.39, 0.29) is 29.3 Å². The minimum atomic E-state index is -0.445. The zero-order valence-corrected chi connectivity index (χ0v) is 18.6. The highest BCUT2D eigenvalue weighted by Crippen LogP contribution is 2.36. The fourth-order valence-electron chi connectivity index (χ4n) is 4.18. The number of likely N-dealkylation sites (tertiary alicyclic amines) is 1. The number of azo groups is 1. The molecule has 1 amide bonds. The minimum Gasteiger partial charge on any atom is -0.493 e. The summed E-state index contributed by atoms with van der Waals surface area (Å²) in [7, 11) is 0. The number of nitrogens with zero attached hydrogens (tertiary/aromatic N) is 3. The van der Waals surface area contributed by atoms with Crippen LogP contribution in [0.1, 0.15) is 23.2 Å². The number of carbonyl (C=O) groups excluding carboxylic acids is 1. The molecule has 0 aliphatic carbocycles. The largest absolute Gasteiger partial charge is 0.493 e. The third-order valence-electron chi connectivity index (χ3n) is 5.99. The molecular weight excluding hydrogens is 454 g/mol. The van der Waals surface area contributed by atoms with Gasteiger partial charge in [0.1, 0.15) is 24.0 Å². The summed E-state index contributed by atoms with van der Waals surface area (Å²) >= 11 is 0. The van der Waals surface area contributed by atoms with Crippen LogP contribution in [0.2, 0.25) is 0 Å². The van der Waals surface area contributed by atoms with Crippen LogP contribution >= 0.6 is 0 Å². The summed E-state index contributed by atoms with van der Waals surface area (Å²) in [5, 5.41) is 18.7. The van der Waals surface area contributed by atoms with E-state index in [0.717, 1.165) is 12.8 Å². The number of fused-ring (bicyclic) bond motifs is 1. The van der Waals surface area contributed by atoms with Crippen LogP contribution in [0.25, 0.3) is 10.9 Å². The van der Waals surface area contributed by atoms with Crippen molar-refractivity contribution < 1.29 is 23.4 Å². The van der Waals surface area contributed by atoms with Crippen molar-refractivity contribution in [3.8, 4) is 11.6 Å². The first kappa shape index (κ1) is 22.5. The van der Waals surface area contributed by atoms with Crippen molar-refractivity contribution in [1.29, 1.82) is 0 Å². The van der Waals surface area contributed by atoms with Crippen molar-refractivity contribution in [1.82, 2.24) is 9.88 Å². The fraction of sp³-hybridized carbons (Fsp3) is 0.192. The van der Waals surface area contributed by atoms with E-state index in [1.54, 1.807) is 41.3 Å². The molecule has 9 heteroatoms. The van der Waals surface area contributed by atoms with Gasteiger partial charge in [0.05, 0.1) is 17.2 Å². The van der Waals surface area contributed by atoms with Crippen LogP contribution in [0.3, 0.4) is 0 Å². The Morgan fingerprint density at radius 3 is 2.54 bits per heavy atom. The number of rotatable bonds is 6. The van der Waals surface area contributed by atoms with Gasteiger partial charge in [-0.2, -0.15) is 5.11 Å². The third-order valence-corrected chi connectivity index (χ3v) is 5.99. The van der Waals surface area contributed by atoms with E-state index in [9.17, 15) is 18.7 Å². The Hall–Kier alpha value is -4.27. The maximum absolute atomic E-state index is 13.6. The third kappa shape index (κ3) is 4.84. The second-order valence-corrected chi connectivity index (χ2v) is 8.32. The summed E-state index contributed by atoms with van der Waals surface area (Å²) < 4.78 is 32.4. The Labute approximate surface area is 199 Å². The Morgan fingerprint density at radius 1 is 1.03 bits per heavy atom. The summed E-state index contributed by atoms with van der Waals surface area (Å²) in [5.74, 6) is -0.527. The smallest absolute Gasteiger partial charge is 0.254 e. The van der Waals surface area contributed by atoms with Gasteiger partial charge in [0, 0.05) is 17.5 Å². The Morgan fingerprint density at radius 2 is 1.77 bits per heavy atom. The molecule has 5 rings (SSSR count). The summed E-state index contributed by atoms with van der Waals surface area (Å²) in [5.41, 5.74) is 1.67. The molecule has 0 spiro atoms. The predicted octanol–water partition coefficient (Wildman–Crippen LogP) is 6.25. The highest BCUT2D eigenvalue weighted by molar-refractivity contribution is 5.95. The molecule has 1 atom stereocenters. The molecule has 1 aliphatic rings. The molecule has 0 radical (unpaired) electrons. The second kappa shape index (κ2) is 9.54. The maximum atomic E-state index is 13.6. The molecule has 178 valence electrons. The molecule has 0 saturated carbocycles. The monoisotopic (exact) mass is 476 g/mol. The van der Waals surface area contributed by atoms with E-state index in [1.807, 2.05) is 0 Å². The van der Waals surface area contributed by atoms with Gasteiger partial charge in [-0.3, -0.25) is 4.79 Å². The van der Waals surface area contributed by atoms with Crippen molar-refractivity contribution in [3.63, 3.8) is 0 Å². The SMILES string of the molecule is O=C(c1ccc(N=Nc2c(O)[nH]c3ccc(F)cc23)cc1)N1CCC[C@@H]1COc1ccc(F)cc1. The van der Waals surface area contributed by atoms with Crippen LogP contribution in [0.15, 0.2) is 77.0 Å². The number of aromatic nitrogens is 1. The minimum absolute atomic E-state index is 0.0721. The number of amides is 1. The van der Waals surface area contributed by atoms with Gasteiger partial charge in [0.15, 0.2) is 5.69 Å². The summed E-state index contributed by atoms with van der Waals surface area (Å²) in [6, 6.07) is 16.5. The van der Waals surface area contributed by atoms with Crippen molar-refractivity contribution in [2.24, 2.45) is 10.2 Å². The van der Waals surface area contributed by atoms with Gasteiger partial charge in [-0.1, -0.05) is 0 Å². The fourth-order valence-corrected chi connectivity index (χ4v) is 4.18. The molecule has 1 aromatic heterocycles. The van der Waals surface area contributed by atoms with Crippen LogP contribution in [-0.2, 0) is 0 Å². The lowest BCUT2D eigenvalue weighted by molar-refractivity contribution is 0.0691. The quantitative estimate of drug-likeness (QED) is 0.322. The lowest BCUT2D eigenvalue weighted by Crippen LogP contribution is -2.39. The van der Waals surface area contributed by atoms with Crippen molar-refractivity contribution >= 4 is 28.2 Å². The van der Waals surface area contributed by atoms with Crippen LogP contribution in [0, 0.1) is 11.6 Å². The Bertz CT molecular complexity index is 1380. The molecular formula is C26H22F2N4O3. The maximum Gasteiger partial charge on any atom is 0.254 e. The highest BCUT2D eigenvalue weighted by Gasteiger charge is 2.30. The summed E-state index contributed by atoms with van der Waals surface area (Å²) in [6.07, 6.45) is 1.71. The number of carbonyl (C=O) groups is 1. The number of aromatic hydroxyl groups is 1. The lowest BCUT2D eigenvalue weighted by atomic mass is 10.1. The first-order chi connectivity index (χ1) is 17.0. The Kier molecular flexibility index (Phi) is 6.13. The molecule has 2 heterocycles. The van der Waals surface area contributed by atoms with Gasteiger partial charge < -0.3 is 19.7 Å². The number of hydrogen-bond donors (Lipinski definition) is 2. The summed E-state index contributed by atoms with van der Waals surface area (Å²) in [4.78, 5) is 17.6. The average Bonchev–Trinajstić information content (AvgIpc) is 3.46. The lowest BCUT2D eigenvalue weighted by Gasteiger charge is -2.25. The van der Waals surface area contributed by atoms with Gasteiger partial charge in [0.2, 0.25) is 5.88 Å². The predicted molar refractivity (Wildman–Crippen MR) is 126 cm³/mol. The van der Waals surface area contributed by atoms with E-state index in [2.05, 4.69) is 15.2 Å². The van der Waals surface area contributed by atoms with Crippen molar-refractivity contribution in [2.75, 3.05) is 13.2 Å². The topological polar surface area (TPSA) is 90.3 Å². The average molecular weight is 476 g/mol. The number of H-pyrrole nitrogens is 1. The number of aromatic amines is 1. The molecule has 35 heavy (non-hydrogen) atoms. The number of hydrogen-bond acceptors (Lipinski definition) is 5. The molecule has 1 saturated heterocycles. The molecule has 1 aliphatic heterocycles. The molecule has 4 aromatic rings.